The lowest BCUT2D eigenvalue weighted by Gasteiger charge is -2.24. The first-order valence-corrected chi connectivity index (χ1v) is 6.67. The highest BCUT2D eigenvalue weighted by Gasteiger charge is 2.22. The molecule has 1 nitrogen and oxygen atoms in total. The van der Waals surface area contributed by atoms with Crippen LogP contribution in [0.3, 0.4) is 0 Å². The molecule has 0 atom stereocenters. The van der Waals surface area contributed by atoms with Crippen LogP contribution in [-0.4, -0.2) is 5.78 Å². The number of carbonyl (C=O) groups is 1. The number of aryl methyl sites for hydroxylation is 2. The Morgan fingerprint density at radius 1 is 1.31 bits per heavy atom. The van der Waals surface area contributed by atoms with Gasteiger partial charge in [0.1, 0.15) is 0 Å². The van der Waals surface area contributed by atoms with E-state index in [0.29, 0.717) is 11.7 Å². The molecule has 0 N–H and O–H groups in total. The summed E-state index contributed by atoms with van der Waals surface area (Å²) in [5, 5.41) is 0. The maximum absolute atomic E-state index is 12.1. The number of carbonyl (C=O) groups excluding carboxylic acids is 1. The number of rotatable bonds is 3. The Morgan fingerprint density at radius 3 is 2.56 bits per heavy atom. The van der Waals surface area contributed by atoms with Crippen LogP contribution in [0.4, 0.5) is 0 Å². The van der Waals surface area contributed by atoms with Gasteiger partial charge < -0.3 is 0 Å². The Bertz CT molecular complexity index is 419. The van der Waals surface area contributed by atoms with E-state index in [-0.39, 0.29) is 0 Å². The van der Waals surface area contributed by atoms with Gasteiger partial charge in [-0.05, 0) is 43.0 Å². The summed E-state index contributed by atoms with van der Waals surface area (Å²) >= 11 is 3.49. The molecule has 16 heavy (non-hydrogen) atoms. The minimum Gasteiger partial charge on any atom is -0.294 e. The Balaban J connectivity index is 2.18. The zero-order valence-electron chi connectivity index (χ0n) is 9.85. The van der Waals surface area contributed by atoms with Crippen molar-refractivity contribution >= 4 is 21.7 Å². The third kappa shape index (κ3) is 2.37. The summed E-state index contributed by atoms with van der Waals surface area (Å²) in [6, 6.07) is 4.06. The van der Waals surface area contributed by atoms with E-state index in [0.717, 1.165) is 27.6 Å². The number of hydrogen-bond donors (Lipinski definition) is 0. The predicted octanol–water partition coefficient (Wildman–Crippen LogP) is 4.44. The lowest BCUT2D eigenvalue weighted by molar-refractivity contribution is 0.0936. The van der Waals surface area contributed by atoms with Crippen molar-refractivity contribution in [1.82, 2.24) is 0 Å². The van der Waals surface area contributed by atoms with Crippen molar-refractivity contribution in [2.45, 2.75) is 39.5 Å². The molecular weight excluding hydrogens is 264 g/mol. The smallest absolute Gasteiger partial charge is 0.163 e. The molecule has 1 aliphatic rings. The van der Waals surface area contributed by atoms with Gasteiger partial charge in [-0.2, -0.15) is 0 Å². The number of halogens is 1. The summed E-state index contributed by atoms with van der Waals surface area (Å²) in [5.74, 6) is 0.966. The van der Waals surface area contributed by atoms with Gasteiger partial charge in [0, 0.05) is 16.5 Å². The van der Waals surface area contributed by atoms with Crippen LogP contribution in [0, 0.1) is 19.8 Å². The third-order valence-electron chi connectivity index (χ3n) is 3.50. The summed E-state index contributed by atoms with van der Waals surface area (Å²) in [4.78, 5) is 12.1. The highest BCUT2D eigenvalue weighted by atomic mass is 79.9. The SMILES string of the molecule is Cc1cc(C(=O)CC2CCC2)c(C)cc1Br. The summed E-state index contributed by atoms with van der Waals surface area (Å²) in [6.07, 6.45) is 4.51. The average molecular weight is 281 g/mol. The van der Waals surface area contributed by atoms with E-state index in [4.69, 9.17) is 0 Å². The average Bonchev–Trinajstić information content (AvgIpc) is 2.17. The molecule has 0 saturated heterocycles. The van der Waals surface area contributed by atoms with E-state index in [2.05, 4.69) is 15.9 Å². The molecule has 0 heterocycles. The molecule has 2 heteroatoms. The largest absolute Gasteiger partial charge is 0.294 e. The molecule has 1 saturated carbocycles. The number of benzene rings is 1. The second-order valence-corrected chi connectivity index (χ2v) is 5.69. The topological polar surface area (TPSA) is 17.1 Å². The first-order valence-electron chi connectivity index (χ1n) is 5.88. The molecule has 0 radical (unpaired) electrons. The van der Waals surface area contributed by atoms with E-state index in [9.17, 15) is 4.79 Å². The van der Waals surface area contributed by atoms with Crippen LogP contribution in [0.1, 0.15) is 47.2 Å². The van der Waals surface area contributed by atoms with Gasteiger partial charge in [0.05, 0.1) is 0 Å². The number of hydrogen-bond acceptors (Lipinski definition) is 1. The van der Waals surface area contributed by atoms with Crippen LogP contribution in [0.15, 0.2) is 16.6 Å². The van der Waals surface area contributed by atoms with Crippen molar-refractivity contribution in [2.24, 2.45) is 5.92 Å². The van der Waals surface area contributed by atoms with Crippen LogP contribution in [0.25, 0.3) is 0 Å². The quantitative estimate of drug-likeness (QED) is 0.749. The second kappa shape index (κ2) is 4.70. The molecule has 0 aliphatic heterocycles. The highest BCUT2D eigenvalue weighted by molar-refractivity contribution is 9.10. The van der Waals surface area contributed by atoms with Gasteiger partial charge in [-0.25, -0.2) is 0 Å². The lowest BCUT2D eigenvalue weighted by Crippen LogP contribution is -2.16. The number of ketones is 1. The normalized spacial score (nSPS) is 15.9. The fraction of sp³-hybridized carbons (Fsp3) is 0.500. The molecule has 1 aromatic rings. The van der Waals surface area contributed by atoms with Crippen molar-refractivity contribution in [2.75, 3.05) is 0 Å². The molecule has 1 fully saturated rings. The van der Waals surface area contributed by atoms with E-state index in [1.807, 2.05) is 26.0 Å². The monoisotopic (exact) mass is 280 g/mol. The fourth-order valence-electron chi connectivity index (χ4n) is 2.15. The minimum absolute atomic E-state index is 0.317. The Kier molecular flexibility index (Phi) is 3.48. The van der Waals surface area contributed by atoms with Crippen molar-refractivity contribution in [3.05, 3.63) is 33.3 Å². The number of Topliss-reactive ketones (excluding diaryl/α,β-unsaturated/α-hetero) is 1. The van der Waals surface area contributed by atoms with E-state index >= 15 is 0 Å². The summed E-state index contributed by atoms with van der Waals surface area (Å²) in [7, 11) is 0. The molecule has 0 bridgehead atoms. The molecule has 0 aromatic heterocycles. The first-order chi connectivity index (χ1) is 7.58. The molecule has 0 spiro atoms. The fourth-order valence-corrected chi connectivity index (χ4v) is 2.61. The Labute approximate surface area is 105 Å². The second-order valence-electron chi connectivity index (χ2n) is 4.84. The predicted molar refractivity (Wildman–Crippen MR) is 69.9 cm³/mol. The lowest BCUT2D eigenvalue weighted by atomic mass is 9.80. The standard InChI is InChI=1S/C14H17BrO/c1-9-7-13(15)10(2)6-12(9)14(16)8-11-4-3-5-11/h6-7,11H,3-5,8H2,1-2H3. The zero-order chi connectivity index (χ0) is 11.7. The Morgan fingerprint density at radius 2 is 2.00 bits per heavy atom. The maximum atomic E-state index is 12.1. The molecule has 0 amide bonds. The van der Waals surface area contributed by atoms with Crippen LogP contribution in [0.5, 0.6) is 0 Å². The molecule has 1 aromatic carbocycles. The van der Waals surface area contributed by atoms with Crippen molar-refractivity contribution in [3.8, 4) is 0 Å². The zero-order valence-corrected chi connectivity index (χ0v) is 11.4. The minimum atomic E-state index is 0.317. The summed E-state index contributed by atoms with van der Waals surface area (Å²) in [5.41, 5.74) is 3.14. The summed E-state index contributed by atoms with van der Waals surface area (Å²) < 4.78 is 1.09. The maximum Gasteiger partial charge on any atom is 0.163 e. The highest BCUT2D eigenvalue weighted by Crippen LogP contribution is 2.31. The molecular formula is C14H17BrO. The van der Waals surface area contributed by atoms with E-state index in [1.165, 1.54) is 19.3 Å². The summed E-state index contributed by atoms with van der Waals surface area (Å²) in [6.45, 7) is 4.04. The van der Waals surface area contributed by atoms with Gasteiger partial charge in [0.2, 0.25) is 0 Å². The van der Waals surface area contributed by atoms with E-state index in [1.54, 1.807) is 0 Å². The molecule has 1 aliphatic carbocycles. The molecule has 2 rings (SSSR count). The molecule has 86 valence electrons. The first kappa shape index (κ1) is 11.8. The van der Waals surface area contributed by atoms with Crippen LogP contribution >= 0.6 is 15.9 Å². The van der Waals surface area contributed by atoms with Crippen LogP contribution in [-0.2, 0) is 0 Å². The Hall–Kier alpha value is -0.630. The van der Waals surface area contributed by atoms with Crippen molar-refractivity contribution in [3.63, 3.8) is 0 Å². The van der Waals surface area contributed by atoms with Gasteiger partial charge in [0.25, 0.3) is 0 Å². The van der Waals surface area contributed by atoms with Gasteiger partial charge in [-0.15, -0.1) is 0 Å². The molecule has 0 unspecified atom stereocenters. The van der Waals surface area contributed by atoms with Gasteiger partial charge in [-0.3, -0.25) is 4.79 Å². The van der Waals surface area contributed by atoms with E-state index < -0.39 is 0 Å². The van der Waals surface area contributed by atoms with Crippen LogP contribution in [0.2, 0.25) is 0 Å². The third-order valence-corrected chi connectivity index (χ3v) is 4.36. The van der Waals surface area contributed by atoms with Crippen LogP contribution < -0.4 is 0 Å². The van der Waals surface area contributed by atoms with Gasteiger partial charge in [0.15, 0.2) is 5.78 Å². The van der Waals surface area contributed by atoms with Gasteiger partial charge >= 0.3 is 0 Å². The van der Waals surface area contributed by atoms with Gasteiger partial charge in [-0.1, -0.05) is 35.2 Å². The van der Waals surface area contributed by atoms with Crippen molar-refractivity contribution < 1.29 is 4.79 Å². The van der Waals surface area contributed by atoms with Crippen molar-refractivity contribution in [1.29, 1.82) is 0 Å².